The Morgan fingerprint density at radius 2 is 1.02 bits per heavy atom. The van der Waals surface area contributed by atoms with Gasteiger partial charge >= 0.3 is 17.9 Å². The third-order valence-electron chi connectivity index (χ3n) is 16.1. The molecule has 31 heteroatoms. The normalized spacial score (nSPS) is 16.4. The van der Waals surface area contributed by atoms with Crippen LogP contribution in [-0.2, 0) is 75.2 Å². The van der Waals surface area contributed by atoms with Crippen molar-refractivity contribution >= 4 is 87.9 Å². The molecule has 530 valence electrons. The molecule has 1 aliphatic heterocycles. The molecule has 96 heavy (non-hydrogen) atoms. The molecule has 1 fully saturated rings. The van der Waals surface area contributed by atoms with E-state index in [1.807, 2.05) is 27.7 Å². The van der Waals surface area contributed by atoms with Gasteiger partial charge in [0.25, 0.3) is 5.91 Å². The van der Waals surface area contributed by atoms with Gasteiger partial charge in [0.15, 0.2) is 6.04 Å². The lowest BCUT2D eigenvalue weighted by Crippen LogP contribution is -2.70. The highest BCUT2D eigenvalue weighted by atomic mass is 16.4. The van der Waals surface area contributed by atoms with Crippen molar-refractivity contribution in [3.8, 4) is 0 Å². The monoisotopic (exact) mass is 1350 g/mol. The standard InChI is InChI=1S/C65H97N13O18/c1-34(2)26-44(71-61(91)48(31-53(83)84)73-62(92)50(33-79)76-59(89)46(29-38-16-9-8-10-17-38)74-63(93)54(37(7)80)77-55(85)41(67)22-23-52(81)82)57(87)72-47(30-39-32-68-42-19-12-11-18-40(39)42)60(90)69-43(20-13-14-24-66)56(86)70-45(27-35(3)4)58(88)75-49(28-36(5)6)64(94)78-25-15-21-51(78)65(95)96/h8-12,16-19,32,34-37,41,43-51,54,68,79-80H,13-15,20-31,33,66-67H2,1-7H3,(H,69,90)(H,70,86)(H,71,91)(H,72,87)(H,73,92)(H,74,93)(H,75,88)(H,76,89)(H,77,85)(H,81,82)(H,83,84)(H,95,96)/p+2/t37-,41+,43+,44+,45+,46+,47+,48+,49+,50+,51+,54+/m1/s1. The Labute approximate surface area is 556 Å². The number of rotatable bonds is 41. The number of aliphatic carboxylic acids is 3. The summed E-state index contributed by atoms with van der Waals surface area (Å²) in [6.07, 6.45) is -0.378. The van der Waals surface area contributed by atoms with Crippen LogP contribution in [0.25, 0.3) is 10.9 Å². The Kier molecular flexibility index (Phi) is 32.3. The number of likely N-dealkylation sites (tertiary alicyclic amines) is 1. The number of hydrogen-bond donors (Lipinski definition) is 17. The van der Waals surface area contributed by atoms with Gasteiger partial charge < -0.3 is 94.7 Å². The number of aromatic amines is 1. The molecular formula is C65H99N13O18+2. The van der Waals surface area contributed by atoms with Crippen molar-refractivity contribution in [1.29, 1.82) is 0 Å². The maximum Gasteiger partial charge on any atom is 0.326 e. The van der Waals surface area contributed by atoms with Crippen LogP contribution < -0.4 is 59.3 Å². The summed E-state index contributed by atoms with van der Waals surface area (Å²) < 4.78 is 0. The zero-order valence-corrected chi connectivity index (χ0v) is 55.7. The van der Waals surface area contributed by atoms with Gasteiger partial charge in [-0.05, 0) is 93.2 Å². The molecule has 3 aromatic rings. The molecule has 10 amide bonds. The van der Waals surface area contributed by atoms with E-state index in [9.17, 15) is 82.8 Å². The van der Waals surface area contributed by atoms with Crippen LogP contribution in [0.4, 0.5) is 0 Å². The first-order valence-electron chi connectivity index (χ1n) is 32.5. The molecule has 4 rings (SSSR count). The molecule has 12 atom stereocenters. The second-order valence-corrected chi connectivity index (χ2v) is 25.6. The highest BCUT2D eigenvalue weighted by molar-refractivity contribution is 6.00. The van der Waals surface area contributed by atoms with Crippen molar-refractivity contribution in [3.63, 3.8) is 0 Å². The average molecular weight is 1350 g/mol. The second-order valence-electron chi connectivity index (χ2n) is 25.6. The van der Waals surface area contributed by atoms with E-state index in [0.29, 0.717) is 47.8 Å². The third-order valence-corrected chi connectivity index (χ3v) is 16.1. The van der Waals surface area contributed by atoms with Crippen LogP contribution in [0.1, 0.15) is 130 Å². The Bertz CT molecular complexity index is 3160. The quantitative estimate of drug-likeness (QED) is 0.0256. The number of carboxylic acids is 3. The number of para-hydroxylation sites is 1. The summed E-state index contributed by atoms with van der Waals surface area (Å²) in [6.45, 7) is 11.4. The lowest BCUT2D eigenvalue weighted by atomic mass is 9.98. The number of aliphatic hydroxyl groups is 2. The number of carbonyl (C=O) groups excluding carboxylic acids is 10. The highest BCUT2D eigenvalue weighted by Gasteiger charge is 2.41. The predicted octanol–water partition coefficient (Wildman–Crippen LogP) is -2.73. The molecule has 1 aromatic heterocycles. The maximum atomic E-state index is 14.9. The summed E-state index contributed by atoms with van der Waals surface area (Å²) in [5.74, 6) is -14.1. The van der Waals surface area contributed by atoms with E-state index in [4.69, 9.17) is 5.11 Å². The largest absolute Gasteiger partial charge is 0.481 e. The molecule has 0 spiro atoms. The number of quaternary nitrogens is 2. The van der Waals surface area contributed by atoms with Gasteiger partial charge in [0.05, 0.1) is 32.1 Å². The van der Waals surface area contributed by atoms with Crippen LogP contribution in [-0.4, -0.2) is 205 Å². The first kappa shape index (κ1) is 79.4. The molecule has 0 bridgehead atoms. The van der Waals surface area contributed by atoms with Crippen molar-refractivity contribution in [3.05, 3.63) is 71.9 Å². The van der Waals surface area contributed by atoms with Crippen LogP contribution in [0, 0.1) is 17.8 Å². The Hall–Kier alpha value is -9.07. The van der Waals surface area contributed by atoms with Crippen molar-refractivity contribution in [1.82, 2.24) is 57.7 Å². The number of nitrogens with one attached hydrogen (secondary N) is 10. The number of amides is 10. The lowest BCUT2D eigenvalue weighted by molar-refractivity contribution is -0.405. The number of benzene rings is 2. The number of aromatic nitrogens is 1. The van der Waals surface area contributed by atoms with Crippen molar-refractivity contribution in [2.24, 2.45) is 17.8 Å². The fraction of sp³-hybridized carbons (Fsp3) is 0.585. The molecule has 1 aliphatic rings. The number of H-pyrrole nitrogens is 1. The molecule has 2 heterocycles. The minimum absolute atomic E-state index is 0.0358. The van der Waals surface area contributed by atoms with Crippen LogP contribution in [0.3, 0.4) is 0 Å². The van der Waals surface area contributed by atoms with Crippen LogP contribution in [0.2, 0.25) is 0 Å². The van der Waals surface area contributed by atoms with Gasteiger partial charge in [0.1, 0.15) is 60.4 Å². The van der Waals surface area contributed by atoms with E-state index in [1.165, 1.54) is 11.8 Å². The van der Waals surface area contributed by atoms with E-state index in [1.54, 1.807) is 74.6 Å². The molecule has 21 N–H and O–H groups in total. The van der Waals surface area contributed by atoms with Crippen molar-refractivity contribution in [2.75, 3.05) is 19.7 Å². The van der Waals surface area contributed by atoms with Gasteiger partial charge in [0.2, 0.25) is 53.2 Å². The number of fused-ring (bicyclic) bond motifs is 1. The van der Waals surface area contributed by atoms with Crippen molar-refractivity contribution < 1.29 is 99.3 Å². The highest BCUT2D eigenvalue weighted by Crippen LogP contribution is 2.23. The minimum atomic E-state index is -1.99. The summed E-state index contributed by atoms with van der Waals surface area (Å²) >= 11 is 0. The third kappa shape index (κ3) is 25.6. The number of aliphatic hydroxyl groups excluding tert-OH is 2. The minimum Gasteiger partial charge on any atom is -0.481 e. The summed E-state index contributed by atoms with van der Waals surface area (Å²) in [7, 11) is 0. The molecule has 0 unspecified atom stereocenters. The summed E-state index contributed by atoms with van der Waals surface area (Å²) in [6, 6.07) is -0.957. The first-order chi connectivity index (χ1) is 45.3. The summed E-state index contributed by atoms with van der Waals surface area (Å²) in [5.41, 5.74) is 9.21. The molecule has 2 aromatic carbocycles. The Balaban J connectivity index is 1.62. The fourth-order valence-electron chi connectivity index (χ4n) is 11.0. The van der Waals surface area contributed by atoms with Gasteiger partial charge in [-0.3, -0.25) is 57.5 Å². The zero-order valence-electron chi connectivity index (χ0n) is 55.7. The number of unbranched alkanes of at least 4 members (excludes halogenated alkanes) is 1. The lowest BCUT2D eigenvalue weighted by Gasteiger charge is -2.30. The predicted molar refractivity (Wildman–Crippen MR) is 346 cm³/mol. The maximum absolute atomic E-state index is 14.9. The van der Waals surface area contributed by atoms with Gasteiger partial charge in [-0.25, -0.2) is 4.79 Å². The number of carbonyl (C=O) groups is 13. The Morgan fingerprint density at radius 1 is 0.542 bits per heavy atom. The van der Waals surface area contributed by atoms with E-state index < -0.39 is 169 Å². The van der Waals surface area contributed by atoms with E-state index in [0.717, 1.165) is 0 Å². The first-order valence-corrected chi connectivity index (χ1v) is 32.5. The molecule has 31 nitrogen and oxygen atoms in total. The molecule has 1 saturated heterocycles. The van der Waals surface area contributed by atoms with Gasteiger partial charge in [-0.1, -0.05) is 90.1 Å². The van der Waals surface area contributed by atoms with E-state index >= 15 is 0 Å². The number of hydrogen-bond acceptors (Lipinski definition) is 15. The number of nitrogens with zero attached hydrogens (tertiary/aromatic N) is 1. The molecular weight excluding hydrogens is 1250 g/mol. The van der Waals surface area contributed by atoms with E-state index in [2.05, 4.69) is 64.3 Å². The van der Waals surface area contributed by atoms with Gasteiger partial charge in [-0.15, -0.1) is 0 Å². The zero-order chi connectivity index (χ0) is 71.5. The molecule has 0 saturated carbocycles. The van der Waals surface area contributed by atoms with Crippen molar-refractivity contribution in [2.45, 2.75) is 205 Å². The summed E-state index contributed by atoms with van der Waals surface area (Å²) in [5, 5.41) is 73.5. The summed E-state index contributed by atoms with van der Waals surface area (Å²) in [4.78, 5) is 182. The average Bonchev–Trinajstić information content (AvgIpc) is 1.52. The van der Waals surface area contributed by atoms with E-state index in [-0.39, 0.29) is 75.7 Å². The molecule has 0 radical (unpaired) electrons. The molecule has 0 aliphatic carbocycles. The number of carboxylic acid groups (broad SMARTS) is 3. The smallest absolute Gasteiger partial charge is 0.326 e. The fourth-order valence-corrected chi connectivity index (χ4v) is 11.0. The van der Waals surface area contributed by atoms with Crippen LogP contribution in [0.15, 0.2) is 60.8 Å². The van der Waals surface area contributed by atoms with Crippen LogP contribution in [0.5, 0.6) is 0 Å². The topological polar surface area (TPSA) is 506 Å². The Morgan fingerprint density at radius 3 is 1.57 bits per heavy atom. The van der Waals surface area contributed by atoms with Crippen LogP contribution >= 0.6 is 0 Å². The van der Waals surface area contributed by atoms with Gasteiger partial charge in [0, 0.05) is 42.9 Å². The second kappa shape index (κ2) is 39.1. The van der Waals surface area contributed by atoms with Gasteiger partial charge in [-0.2, -0.15) is 0 Å². The SMILES string of the molecule is CC(C)C[C@H](NC(=O)[C@H](CC(=O)O)NC(=O)[C@H](CO)NC(=O)[C@H](Cc1ccccc1)NC(=O)[C@@H](NC(=O)[C@@H]([NH3+])CCC(=O)O)[C@@H](C)O)C(=O)N[C@@H](Cc1c[nH]c2ccccc12)C(=O)N[C@@H](CCCC[NH3+])C(=O)N[C@@H](CC(C)C)C(=O)N[C@@H](CC(C)C)C(=O)N1CCC[C@H]1C(=O)O.